The highest BCUT2D eigenvalue weighted by Gasteiger charge is 2.55. The number of halogens is 3. The van der Waals surface area contributed by atoms with Gasteiger partial charge >= 0.3 is 12.2 Å². The molecule has 2 N–H and O–H groups in total. The summed E-state index contributed by atoms with van der Waals surface area (Å²) in [5.74, 6) is -0.154. The second kappa shape index (κ2) is 7.42. The minimum absolute atomic E-state index is 0.0166. The van der Waals surface area contributed by atoms with E-state index in [1.807, 2.05) is 0 Å². The average Bonchev–Trinajstić information content (AvgIpc) is 3.20. The lowest BCUT2D eigenvalue weighted by atomic mass is 9.60. The molecule has 0 unspecified atom stereocenters. The third kappa shape index (κ3) is 3.74. The third-order valence-electron chi connectivity index (χ3n) is 6.42. The first kappa shape index (κ1) is 21.2. The Morgan fingerprint density at radius 1 is 1.24 bits per heavy atom. The average molecular weight is 459 g/mol. The molecule has 2 aliphatic rings. The lowest BCUT2D eigenvalue weighted by Crippen LogP contribution is -2.67. The van der Waals surface area contributed by atoms with Crippen LogP contribution in [-0.4, -0.2) is 67.9 Å². The highest BCUT2D eigenvalue weighted by Crippen LogP contribution is 2.50. The Bertz CT molecular complexity index is 1230. The molecule has 3 aromatic rings. The molecule has 3 amide bonds. The molecular formula is C21H20F3N7O2. The molecule has 1 aliphatic carbocycles. The van der Waals surface area contributed by atoms with Crippen LogP contribution >= 0.6 is 0 Å². The predicted molar refractivity (Wildman–Crippen MR) is 111 cm³/mol. The number of amides is 3. The van der Waals surface area contributed by atoms with Gasteiger partial charge in [0.25, 0.3) is 5.91 Å². The molecule has 0 aromatic carbocycles. The number of rotatable bonds is 3. The number of likely N-dealkylation sites (tertiary alicyclic amines) is 1. The highest BCUT2D eigenvalue weighted by atomic mass is 19.4. The van der Waals surface area contributed by atoms with Crippen molar-refractivity contribution >= 4 is 28.7 Å². The fourth-order valence-electron chi connectivity index (χ4n) is 4.61. The van der Waals surface area contributed by atoms with Gasteiger partial charge in [-0.25, -0.2) is 14.8 Å². The number of aromatic amines is 1. The summed E-state index contributed by atoms with van der Waals surface area (Å²) in [6.45, 7) is 1.15. The number of hydrogen-bond donors (Lipinski definition) is 2. The van der Waals surface area contributed by atoms with Crippen molar-refractivity contribution in [2.24, 2.45) is 5.41 Å². The van der Waals surface area contributed by atoms with Crippen LogP contribution in [-0.2, 0) is 6.18 Å². The van der Waals surface area contributed by atoms with E-state index < -0.39 is 17.8 Å². The Labute approximate surface area is 186 Å². The lowest BCUT2D eigenvalue weighted by molar-refractivity contribution is -0.137. The molecule has 33 heavy (non-hydrogen) atoms. The molecule has 4 heterocycles. The van der Waals surface area contributed by atoms with Crippen molar-refractivity contribution in [3.8, 4) is 0 Å². The molecule has 1 saturated heterocycles. The number of anilines is 1. The van der Waals surface area contributed by atoms with Crippen molar-refractivity contribution in [2.45, 2.75) is 25.1 Å². The number of carbonyl (C=O) groups is 2. The second-order valence-electron chi connectivity index (χ2n) is 8.69. The van der Waals surface area contributed by atoms with Crippen molar-refractivity contribution in [3.05, 3.63) is 48.3 Å². The molecule has 0 bridgehead atoms. The molecule has 3 aromatic heterocycles. The second-order valence-corrected chi connectivity index (χ2v) is 8.69. The van der Waals surface area contributed by atoms with Crippen LogP contribution in [0.1, 0.15) is 28.9 Å². The van der Waals surface area contributed by atoms with E-state index in [1.165, 1.54) is 17.4 Å². The Balaban J connectivity index is 1.15. The number of pyridine rings is 1. The lowest BCUT2D eigenvalue weighted by Gasteiger charge is -2.60. The Kier molecular flexibility index (Phi) is 4.76. The molecular weight excluding hydrogens is 439 g/mol. The number of nitrogens with zero attached hydrogens (tertiary/aromatic N) is 5. The van der Waals surface area contributed by atoms with Gasteiger partial charge in [0.05, 0.1) is 22.8 Å². The Morgan fingerprint density at radius 3 is 2.73 bits per heavy atom. The van der Waals surface area contributed by atoms with Crippen LogP contribution in [0.2, 0.25) is 0 Å². The van der Waals surface area contributed by atoms with E-state index in [1.54, 1.807) is 24.2 Å². The Morgan fingerprint density at radius 2 is 2.00 bits per heavy atom. The molecule has 9 nitrogen and oxygen atoms in total. The van der Waals surface area contributed by atoms with Crippen molar-refractivity contribution in [2.75, 3.05) is 25.5 Å². The minimum atomic E-state index is -4.54. The van der Waals surface area contributed by atoms with Crippen LogP contribution in [0, 0.1) is 5.41 Å². The number of fused-ring (bicyclic) bond motifs is 1. The van der Waals surface area contributed by atoms with Crippen LogP contribution in [0.5, 0.6) is 0 Å². The van der Waals surface area contributed by atoms with Gasteiger partial charge in [-0.2, -0.15) is 13.2 Å². The zero-order valence-electron chi connectivity index (χ0n) is 17.6. The summed E-state index contributed by atoms with van der Waals surface area (Å²) in [4.78, 5) is 43.3. The van der Waals surface area contributed by atoms with Crippen molar-refractivity contribution in [1.82, 2.24) is 29.7 Å². The van der Waals surface area contributed by atoms with Crippen LogP contribution in [0.4, 0.5) is 23.7 Å². The molecule has 1 aliphatic heterocycles. The zero-order valence-corrected chi connectivity index (χ0v) is 17.6. The molecule has 1 saturated carbocycles. The molecule has 12 heteroatoms. The number of alkyl halides is 3. The van der Waals surface area contributed by atoms with Crippen molar-refractivity contribution in [1.29, 1.82) is 0 Å². The van der Waals surface area contributed by atoms with Gasteiger partial charge in [-0.3, -0.25) is 9.78 Å². The maximum atomic E-state index is 12.9. The Hall–Kier alpha value is -3.70. The topological polar surface area (TPSA) is 107 Å². The van der Waals surface area contributed by atoms with Crippen molar-refractivity contribution in [3.63, 3.8) is 0 Å². The maximum Gasteiger partial charge on any atom is 0.417 e. The largest absolute Gasteiger partial charge is 0.417 e. The van der Waals surface area contributed by atoms with Crippen molar-refractivity contribution < 1.29 is 22.8 Å². The van der Waals surface area contributed by atoms with Gasteiger partial charge in [0.15, 0.2) is 0 Å². The monoisotopic (exact) mass is 459 g/mol. The molecule has 2 fully saturated rings. The van der Waals surface area contributed by atoms with Gasteiger partial charge in [-0.1, -0.05) is 0 Å². The number of aromatic nitrogens is 4. The molecule has 0 atom stereocenters. The third-order valence-corrected chi connectivity index (χ3v) is 6.42. The SMILES string of the molecule is CN(C(=O)Nc1cncc(C(F)(F)F)c1)C1CC2(C1)CN(C(=O)c1ncnc3[nH]ccc13)C2. The quantitative estimate of drug-likeness (QED) is 0.626. The first-order chi connectivity index (χ1) is 15.7. The van der Waals surface area contributed by atoms with E-state index in [9.17, 15) is 22.8 Å². The molecule has 5 rings (SSSR count). The molecule has 172 valence electrons. The van der Waals surface area contributed by atoms with Gasteiger partial charge in [0.2, 0.25) is 0 Å². The number of carbonyl (C=O) groups excluding carboxylic acids is 2. The zero-order chi connectivity index (χ0) is 23.4. The summed E-state index contributed by atoms with van der Waals surface area (Å²) in [5.41, 5.74) is -0.0202. The predicted octanol–water partition coefficient (Wildman–Crippen LogP) is 3.14. The summed E-state index contributed by atoms with van der Waals surface area (Å²) in [7, 11) is 1.61. The number of nitrogens with one attached hydrogen (secondary N) is 2. The summed E-state index contributed by atoms with van der Waals surface area (Å²) in [6, 6.07) is 2.06. The maximum absolute atomic E-state index is 12.9. The smallest absolute Gasteiger partial charge is 0.346 e. The standard InChI is InChI=1S/C21H20F3N7O2/c1-30(19(33)29-13-4-12(7-25-8-13)21(22,23)24)14-5-20(6-14)9-31(10-20)18(32)16-15-2-3-26-17(15)28-11-27-16/h2-4,7-8,11,14H,5-6,9-10H2,1H3,(H,29,33)(H,26,27,28). The molecule has 0 radical (unpaired) electrons. The van der Waals surface area contributed by atoms with Gasteiger partial charge in [-0.05, 0) is 25.0 Å². The number of H-pyrrole nitrogens is 1. The van der Waals surface area contributed by atoms with Crippen LogP contribution < -0.4 is 5.32 Å². The highest BCUT2D eigenvalue weighted by molar-refractivity contribution is 6.04. The van der Waals surface area contributed by atoms with Crippen LogP contribution in [0.15, 0.2) is 37.1 Å². The first-order valence-corrected chi connectivity index (χ1v) is 10.3. The fourth-order valence-corrected chi connectivity index (χ4v) is 4.61. The summed E-state index contributed by atoms with van der Waals surface area (Å²) < 4.78 is 38.5. The first-order valence-electron chi connectivity index (χ1n) is 10.3. The van der Waals surface area contributed by atoms with E-state index in [2.05, 4.69) is 25.3 Å². The summed E-state index contributed by atoms with van der Waals surface area (Å²) in [5, 5.41) is 3.15. The van der Waals surface area contributed by atoms with Gasteiger partial charge in [0.1, 0.15) is 17.7 Å². The van der Waals surface area contributed by atoms with Gasteiger partial charge in [-0.15, -0.1) is 0 Å². The summed E-state index contributed by atoms with van der Waals surface area (Å²) in [6.07, 6.45) is 1.84. The van der Waals surface area contributed by atoms with Gasteiger partial charge < -0.3 is 20.1 Å². The van der Waals surface area contributed by atoms with Crippen LogP contribution in [0.3, 0.4) is 0 Å². The number of hydrogen-bond acceptors (Lipinski definition) is 5. The normalized spacial score (nSPS) is 17.5. The van der Waals surface area contributed by atoms with E-state index in [0.29, 0.717) is 48.9 Å². The fraction of sp³-hybridized carbons (Fsp3) is 0.381. The number of urea groups is 1. The van der Waals surface area contributed by atoms with Gasteiger partial charge in [0, 0.05) is 44.0 Å². The van der Waals surface area contributed by atoms with E-state index in [0.717, 1.165) is 6.07 Å². The van der Waals surface area contributed by atoms with E-state index >= 15 is 0 Å². The van der Waals surface area contributed by atoms with E-state index in [4.69, 9.17) is 0 Å². The van der Waals surface area contributed by atoms with E-state index in [-0.39, 0.29) is 23.1 Å². The minimum Gasteiger partial charge on any atom is -0.346 e. The molecule has 1 spiro atoms. The van der Waals surface area contributed by atoms with Crippen LogP contribution in [0.25, 0.3) is 11.0 Å². The summed E-state index contributed by atoms with van der Waals surface area (Å²) >= 11 is 0.